The summed E-state index contributed by atoms with van der Waals surface area (Å²) in [6.45, 7) is 4.76. The first-order chi connectivity index (χ1) is 6.10. The van der Waals surface area contributed by atoms with Crippen molar-refractivity contribution in [1.82, 2.24) is 9.97 Å². The van der Waals surface area contributed by atoms with Crippen molar-refractivity contribution in [3.05, 3.63) is 18.1 Å². The van der Waals surface area contributed by atoms with Crippen LogP contribution in [-0.4, -0.2) is 22.8 Å². The van der Waals surface area contributed by atoms with Gasteiger partial charge < -0.3 is 5.73 Å². The largest absolute Gasteiger partial charge is 0.330 e. The van der Waals surface area contributed by atoms with Crippen LogP contribution in [0.15, 0.2) is 17.4 Å². The zero-order chi connectivity index (χ0) is 9.90. The Morgan fingerprint density at radius 3 is 2.69 bits per heavy atom. The van der Waals surface area contributed by atoms with Crippen molar-refractivity contribution in [3.63, 3.8) is 0 Å². The molecule has 0 aliphatic carbocycles. The number of hydrogen-bond donors (Lipinski definition) is 1. The van der Waals surface area contributed by atoms with E-state index in [4.69, 9.17) is 5.73 Å². The van der Waals surface area contributed by atoms with Crippen molar-refractivity contribution >= 4 is 11.8 Å². The summed E-state index contributed by atoms with van der Waals surface area (Å²) < 4.78 is 0. The van der Waals surface area contributed by atoms with Crippen molar-refractivity contribution in [3.8, 4) is 0 Å². The van der Waals surface area contributed by atoms with Crippen LogP contribution in [0.25, 0.3) is 0 Å². The van der Waals surface area contributed by atoms with E-state index < -0.39 is 0 Å². The lowest BCUT2D eigenvalue weighted by molar-refractivity contribution is 0.517. The summed E-state index contributed by atoms with van der Waals surface area (Å²) in [4.78, 5) is 8.34. The fourth-order valence-electron chi connectivity index (χ4n) is 0.926. The predicted molar refractivity (Wildman–Crippen MR) is 55.9 cm³/mol. The van der Waals surface area contributed by atoms with Crippen molar-refractivity contribution in [1.29, 1.82) is 0 Å². The van der Waals surface area contributed by atoms with Gasteiger partial charge in [0.1, 0.15) is 6.33 Å². The van der Waals surface area contributed by atoms with Gasteiger partial charge in [0.25, 0.3) is 0 Å². The maximum absolute atomic E-state index is 5.66. The second-order valence-electron chi connectivity index (χ2n) is 3.53. The summed E-state index contributed by atoms with van der Waals surface area (Å²) in [6, 6.07) is 2.00. The second-order valence-corrected chi connectivity index (χ2v) is 4.36. The molecule has 0 aliphatic heterocycles. The van der Waals surface area contributed by atoms with Crippen LogP contribution in [0.4, 0.5) is 0 Å². The minimum Gasteiger partial charge on any atom is -0.330 e. The minimum absolute atomic E-state index is 0.0621. The lowest BCUT2D eigenvalue weighted by Gasteiger charge is -2.21. The molecule has 0 unspecified atom stereocenters. The van der Waals surface area contributed by atoms with Crippen LogP contribution in [-0.2, 0) is 5.41 Å². The molecule has 1 heterocycles. The van der Waals surface area contributed by atoms with Gasteiger partial charge in [-0.05, 0) is 12.3 Å². The number of nitrogens with zero attached hydrogens (tertiary/aromatic N) is 2. The predicted octanol–water partition coefficient (Wildman–Crippen LogP) is 1.43. The molecule has 0 aromatic carbocycles. The Morgan fingerprint density at radius 1 is 1.46 bits per heavy atom. The van der Waals surface area contributed by atoms with Crippen LogP contribution in [0.5, 0.6) is 0 Å². The zero-order valence-electron chi connectivity index (χ0n) is 8.24. The van der Waals surface area contributed by atoms with E-state index in [9.17, 15) is 0 Å². The second kappa shape index (κ2) is 4.07. The Bertz CT molecular complexity index is 286. The molecular formula is C9H15N3S. The van der Waals surface area contributed by atoms with E-state index in [0.717, 1.165) is 10.7 Å². The van der Waals surface area contributed by atoms with E-state index >= 15 is 0 Å². The molecule has 0 radical (unpaired) electrons. The van der Waals surface area contributed by atoms with Gasteiger partial charge >= 0.3 is 0 Å². The number of hydrogen-bond acceptors (Lipinski definition) is 4. The standard InChI is InChI=1S/C9H15N3S/c1-9(2,5-10)7-4-8(13-3)12-6-11-7/h4,6H,5,10H2,1-3H3. The van der Waals surface area contributed by atoms with Gasteiger partial charge in [-0.3, -0.25) is 0 Å². The molecule has 0 atom stereocenters. The highest BCUT2D eigenvalue weighted by atomic mass is 32.2. The van der Waals surface area contributed by atoms with Gasteiger partial charge in [-0.15, -0.1) is 11.8 Å². The zero-order valence-corrected chi connectivity index (χ0v) is 9.06. The lowest BCUT2D eigenvalue weighted by atomic mass is 9.89. The van der Waals surface area contributed by atoms with Crippen molar-refractivity contribution in [2.24, 2.45) is 5.73 Å². The Balaban J connectivity index is 3.01. The molecule has 0 amide bonds. The highest BCUT2D eigenvalue weighted by molar-refractivity contribution is 7.98. The third kappa shape index (κ3) is 2.42. The van der Waals surface area contributed by atoms with E-state index in [1.165, 1.54) is 0 Å². The molecule has 0 spiro atoms. The third-order valence-corrected chi connectivity index (χ3v) is 2.70. The molecule has 1 rings (SSSR count). The maximum atomic E-state index is 5.66. The minimum atomic E-state index is -0.0621. The quantitative estimate of drug-likeness (QED) is 0.588. The van der Waals surface area contributed by atoms with E-state index in [1.54, 1.807) is 18.1 Å². The summed E-state index contributed by atoms with van der Waals surface area (Å²) in [7, 11) is 0. The SMILES string of the molecule is CSc1cc(C(C)(C)CN)ncn1. The molecule has 13 heavy (non-hydrogen) atoms. The van der Waals surface area contributed by atoms with E-state index in [1.807, 2.05) is 12.3 Å². The molecule has 1 aromatic heterocycles. The fraction of sp³-hybridized carbons (Fsp3) is 0.556. The first-order valence-corrected chi connectivity index (χ1v) is 5.39. The topological polar surface area (TPSA) is 51.8 Å². The summed E-state index contributed by atoms with van der Waals surface area (Å²) in [6.07, 6.45) is 3.60. The number of nitrogens with two attached hydrogens (primary N) is 1. The van der Waals surface area contributed by atoms with Gasteiger partial charge in [0.15, 0.2) is 0 Å². The average Bonchev–Trinajstić information content (AvgIpc) is 2.18. The highest BCUT2D eigenvalue weighted by Crippen LogP contribution is 2.21. The Labute approximate surface area is 83.2 Å². The van der Waals surface area contributed by atoms with Gasteiger partial charge in [-0.1, -0.05) is 13.8 Å². The summed E-state index contributed by atoms with van der Waals surface area (Å²) in [5.74, 6) is 0. The molecule has 0 saturated heterocycles. The number of thioether (sulfide) groups is 1. The van der Waals surface area contributed by atoms with E-state index in [-0.39, 0.29) is 5.41 Å². The highest BCUT2D eigenvalue weighted by Gasteiger charge is 2.20. The molecule has 0 bridgehead atoms. The average molecular weight is 197 g/mol. The molecule has 1 aromatic rings. The molecular weight excluding hydrogens is 182 g/mol. The lowest BCUT2D eigenvalue weighted by Crippen LogP contribution is -2.29. The normalized spacial score (nSPS) is 11.7. The smallest absolute Gasteiger partial charge is 0.116 e. The van der Waals surface area contributed by atoms with Gasteiger partial charge in [0, 0.05) is 12.0 Å². The monoisotopic (exact) mass is 197 g/mol. The Morgan fingerprint density at radius 2 is 2.15 bits per heavy atom. The summed E-state index contributed by atoms with van der Waals surface area (Å²) in [5.41, 5.74) is 6.61. The summed E-state index contributed by atoms with van der Waals surface area (Å²) >= 11 is 1.62. The van der Waals surface area contributed by atoms with Gasteiger partial charge in [0.2, 0.25) is 0 Å². The van der Waals surface area contributed by atoms with Gasteiger partial charge in [0.05, 0.1) is 10.7 Å². The Hall–Kier alpha value is -0.610. The molecule has 0 saturated carbocycles. The number of aromatic nitrogens is 2. The fourth-order valence-corrected chi connectivity index (χ4v) is 1.31. The van der Waals surface area contributed by atoms with Crippen molar-refractivity contribution in [2.75, 3.05) is 12.8 Å². The van der Waals surface area contributed by atoms with E-state index in [0.29, 0.717) is 6.54 Å². The molecule has 72 valence electrons. The van der Waals surface area contributed by atoms with E-state index in [2.05, 4.69) is 23.8 Å². The first kappa shape index (κ1) is 10.5. The van der Waals surface area contributed by atoms with Crippen LogP contribution >= 0.6 is 11.8 Å². The maximum Gasteiger partial charge on any atom is 0.116 e. The first-order valence-electron chi connectivity index (χ1n) is 4.17. The van der Waals surface area contributed by atoms with Crippen LogP contribution in [0.2, 0.25) is 0 Å². The molecule has 0 aliphatic rings. The van der Waals surface area contributed by atoms with Gasteiger partial charge in [-0.25, -0.2) is 9.97 Å². The number of rotatable bonds is 3. The summed E-state index contributed by atoms with van der Waals surface area (Å²) in [5, 5.41) is 0.992. The molecule has 2 N–H and O–H groups in total. The van der Waals surface area contributed by atoms with Crippen LogP contribution in [0.3, 0.4) is 0 Å². The van der Waals surface area contributed by atoms with Crippen molar-refractivity contribution in [2.45, 2.75) is 24.3 Å². The van der Waals surface area contributed by atoms with Gasteiger partial charge in [-0.2, -0.15) is 0 Å². The van der Waals surface area contributed by atoms with Crippen LogP contribution in [0, 0.1) is 0 Å². The van der Waals surface area contributed by atoms with Crippen molar-refractivity contribution < 1.29 is 0 Å². The molecule has 4 heteroatoms. The third-order valence-electron chi connectivity index (χ3n) is 2.05. The van der Waals surface area contributed by atoms with Crippen LogP contribution < -0.4 is 5.73 Å². The Kier molecular flexibility index (Phi) is 3.27. The van der Waals surface area contributed by atoms with Crippen LogP contribution in [0.1, 0.15) is 19.5 Å². The molecule has 3 nitrogen and oxygen atoms in total. The molecule has 0 fully saturated rings.